The Labute approximate surface area is 210 Å². The monoisotopic (exact) mass is 480 g/mol. The van der Waals surface area contributed by atoms with Crippen LogP contribution in [0.4, 0.5) is 0 Å². The molecular formula is C29H40N2O4. The maximum absolute atomic E-state index is 10.2. The molecule has 2 aromatic carbocycles. The van der Waals surface area contributed by atoms with Crippen LogP contribution in [-0.4, -0.2) is 49.0 Å². The lowest BCUT2D eigenvalue weighted by molar-refractivity contribution is 0.220. The molecule has 0 amide bonds. The van der Waals surface area contributed by atoms with Gasteiger partial charge < -0.3 is 24.6 Å². The fourth-order valence-electron chi connectivity index (χ4n) is 4.29. The summed E-state index contributed by atoms with van der Waals surface area (Å²) >= 11 is 0. The molecule has 2 rings (SSSR count). The van der Waals surface area contributed by atoms with Crippen molar-refractivity contribution in [3.8, 4) is 11.8 Å². The highest BCUT2D eigenvalue weighted by atomic mass is 16.5. The Bertz CT molecular complexity index is 998. The summed E-state index contributed by atoms with van der Waals surface area (Å²) in [7, 11) is 3.69. The van der Waals surface area contributed by atoms with E-state index in [1.165, 1.54) is 5.56 Å². The number of aliphatic hydroxyl groups is 2. The van der Waals surface area contributed by atoms with Crippen molar-refractivity contribution in [2.75, 3.05) is 33.9 Å². The Balaban J connectivity index is 1.96. The molecule has 0 aliphatic rings. The van der Waals surface area contributed by atoms with Crippen molar-refractivity contribution in [3.05, 3.63) is 77.1 Å². The van der Waals surface area contributed by atoms with Gasteiger partial charge in [0.2, 0.25) is 0 Å². The molecule has 6 heteroatoms. The smallest absolute Gasteiger partial charge is 0.145 e. The topological polar surface area (TPSA) is 86.0 Å². The lowest BCUT2D eigenvalue weighted by atomic mass is 9.69. The number of likely N-dealkylation sites (N-methyl/N-ethyl adjacent to an activating group) is 1. The molecule has 0 heterocycles. The fraction of sp³-hybridized carbons (Fsp3) is 0.483. The fourth-order valence-corrected chi connectivity index (χ4v) is 4.29. The van der Waals surface area contributed by atoms with Crippen LogP contribution >= 0.6 is 0 Å². The van der Waals surface area contributed by atoms with Gasteiger partial charge in [0, 0.05) is 6.54 Å². The largest absolute Gasteiger partial charge is 0.498 e. The molecule has 0 bridgehead atoms. The molecule has 6 nitrogen and oxygen atoms in total. The van der Waals surface area contributed by atoms with E-state index < -0.39 is 5.41 Å². The van der Waals surface area contributed by atoms with Crippen LogP contribution in [0, 0.1) is 17.2 Å². The summed E-state index contributed by atoms with van der Waals surface area (Å²) in [5.74, 6) is 1.50. The summed E-state index contributed by atoms with van der Waals surface area (Å²) in [5, 5.41) is 29.5. The van der Waals surface area contributed by atoms with Crippen LogP contribution < -0.4 is 4.74 Å². The minimum Gasteiger partial charge on any atom is -0.498 e. The summed E-state index contributed by atoms with van der Waals surface area (Å²) < 4.78 is 10.8. The molecule has 0 saturated carbocycles. The lowest BCUT2D eigenvalue weighted by Gasteiger charge is -2.32. The minimum absolute atomic E-state index is 0.112. The number of aliphatic hydroxyl groups excluding tert-OH is 2. The molecule has 0 fully saturated rings. The predicted octanol–water partition coefficient (Wildman–Crippen LogP) is 4.58. The summed E-state index contributed by atoms with van der Waals surface area (Å²) in [4.78, 5) is 2.29. The van der Waals surface area contributed by atoms with Gasteiger partial charge in [-0.2, -0.15) is 5.26 Å². The first-order chi connectivity index (χ1) is 16.8. The molecule has 0 spiro atoms. The van der Waals surface area contributed by atoms with E-state index in [2.05, 4.69) is 44.5 Å². The van der Waals surface area contributed by atoms with Gasteiger partial charge in [0.15, 0.2) is 0 Å². The molecule has 0 aliphatic carbocycles. The van der Waals surface area contributed by atoms with E-state index in [1.807, 2.05) is 36.4 Å². The van der Waals surface area contributed by atoms with Gasteiger partial charge in [0.05, 0.1) is 31.8 Å². The van der Waals surface area contributed by atoms with Crippen LogP contribution in [0.2, 0.25) is 0 Å². The first kappa shape index (κ1) is 28.4. The zero-order valence-corrected chi connectivity index (χ0v) is 21.6. The molecule has 0 aromatic heterocycles. The van der Waals surface area contributed by atoms with Crippen LogP contribution in [0.5, 0.6) is 5.75 Å². The normalized spacial score (nSPS) is 12.9. The van der Waals surface area contributed by atoms with Crippen LogP contribution in [0.25, 0.3) is 0 Å². The number of rotatable bonds is 15. The van der Waals surface area contributed by atoms with E-state index in [0.29, 0.717) is 23.5 Å². The minimum atomic E-state index is -0.642. The molecular weight excluding hydrogens is 440 g/mol. The molecule has 1 unspecified atom stereocenters. The van der Waals surface area contributed by atoms with Crippen molar-refractivity contribution in [2.24, 2.45) is 5.92 Å². The van der Waals surface area contributed by atoms with Gasteiger partial charge in [-0.3, -0.25) is 0 Å². The Morgan fingerprint density at radius 3 is 2.49 bits per heavy atom. The SMILES string of the molecule is C=C(COc1cccc(CCN(C)CCCC(C#N)(c2ccc(CO)c(CO)c2)C(C)C)c1)OC. The van der Waals surface area contributed by atoms with Gasteiger partial charge in [-0.05, 0) is 73.2 Å². The summed E-state index contributed by atoms with van der Waals surface area (Å²) in [6.45, 7) is 9.75. The summed E-state index contributed by atoms with van der Waals surface area (Å²) in [6.07, 6.45) is 2.50. The van der Waals surface area contributed by atoms with Gasteiger partial charge in [0.25, 0.3) is 0 Å². The molecule has 2 aromatic rings. The first-order valence-electron chi connectivity index (χ1n) is 12.2. The molecule has 0 saturated heterocycles. The highest BCUT2D eigenvalue weighted by Gasteiger charge is 2.36. The molecule has 35 heavy (non-hydrogen) atoms. The lowest BCUT2D eigenvalue weighted by Crippen LogP contribution is -2.33. The van der Waals surface area contributed by atoms with Crippen LogP contribution in [0.3, 0.4) is 0 Å². The molecule has 1 atom stereocenters. The average Bonchev–Trinajstić information content (AvgIpc) is 2.88. The van der Waals surface area contributed by atoms with E-state index in [-0.39, 0.29) is 19.1 Å². The van der Waals surface area contributed by atoms with Crippen LogP contribution in [0.1, 0.15) is 48.9 Å². The Hall–Kier alpha value is -2.85. The Kier molecular flexibility index (Phi) is 11.3. The number of methoxy groups -OCH3 is 1. The van der Waals surface area contributed by atoms with Crippen LogP contribution in [-0.2, 0) is 29.8 Å². The van der Waals surface area contributed by atoms with Gasteiger partial charge in [-0.25, -0.2) is 0 Å². The summed E-state index contributed by atoms with van der Waals surface area (Å²) in [6, 6.07) is 16.3. The van der Waals surface area contributed by atoms with Crippen molar-refractivity contribution in [2.45, 2.75) is 51.7 Å². The van der Waals surface area contributed by atoms with E-state index in [0.717, 1.165) is 43.7 Å². The standard InChI is InChI=1S/C29H40N2O4/c1-22(2)29(21-30,27-11-10-25(18-32)26(17-27)19-33)13-7-14-31(4)15-12-24-8-6-9-28(16-24)35-20-23(3)34-5/h6,8-11,16-17,22,32-33H,3,7,12-15,18-20H2,1-2,4-5H3. The second kappa shape index (κ2) is 13.9. The van der Waals surface area contributed by atoms with Crippen molar-refractivity contribution < 1.29 is 19.7 Å². The van der Waals surface area contributed by atoms with Crippen LogP contribution in [0.15, 0.2) is 54.8 Å². The third-order valence-corrected chi connectivity index (χ3v) is 6.73. The van der Waals surface area contributed by atoms with Crippen molar-refractivity contribution in [3.63, 3.8) is 0 Å². The van der Waals surface area contributed by atoms with E-state index in [1.54, 1.807) is 7.11 Å². The number of hydrogen-bond donors (Lipinski definition) is 2. The predicted molar refractivity (Wildman–Crippen MR) is 139 cm³/mol. The number of nitriles is 1. The Morgan fingerprint density at radius 2 is 1.86 bits per heavy atom. The quantitative estimate of drug-likeness (QED) is 0.363. The second-order valence-electron chi connectivity index (χ2n) is 9.37. The first-order valence-corrected chi connectivity index (χ1v) is 12.2. The maximum Gasteiger partial charge on any atom is 0.145 e. The molecule has 0 radical (unpaired) electrons. The van der Waals surface area contributed by atoms with Crippen molar-refractivity contribution in [1.82, 2.24) is 4.90 Å². The highest BCUT2D eigenvalue weighted by molar-refractivity contribution is 5.40. The van der Waals surface area contributed by atoms with Gasteiger partial charge in [-0.15, -0.1) is 0 Å². The van der Waals surface area contributed by atoms with E-state index >= 15 is 0 Å². The maximum atomic E-state index is 10.2. The van der Waals surface area contributed by atoms with Gasteiger partial charge >= 0.3 is 0 Å². The molecule has 190 valence electrons. The average molecular weight is 481 g/mol. The van der Waals surface area contributed by atoms with Crippen molar-refractivity contribution in [1.29, 1.82) is 5.26 Å². The third-order valence-electron chi connectivity index (χ3n) is 6.73. The van der Waals surface area contributed by atoms with Crippen molar-refractivity contribution >= 4 is 0 Å². The number of hydrogen-bond acceptors (Lipinski definition) is 6. The van der Waals surface area contributed by atoms with E-state index in [4.69, 9.17) is 9.47 Å². The molecule has 0 aliphatic heterocycles. The second-order valence-corrected chi connectivity index (χ2v) is 9.37. The Morgan fingerprint density at radius 1 is 1.11 bits per heavy atom. The number of ether oxygens (including phenoxy) is 2. The zero-order valence-electron chi connectivity index (χ0n) is 21.6. The highest BCUT2D eigenvalue weighted by Crippen LogP contribution is 2.37. The number of benzene rings is 2. The summed E-state index contributed by atoms with van der Waals surface area (Å²) in [5.41, 5.74) is 2.85. The molecule has 2 N–H and O–H groups in total. The number of nitrogens with zero attached hydrogens (tertiary/aromatic N) is 2. The van der Waals surface area contributed by atoms with Gasteiger partial charge in [0.1, 0.15) is 18.1 Å². The van der Waals surface area contributed by atoms with Gasteiger partial charge in [-0.1, -0.05) is 50.8 Å². The third kappa shape index (κ3) is 7.83. The van der Waals surface area contributed by atoms with E-state index in [9.17, 15) is 15.5 Å². The zero-order chi connectivity index (χ0) is 25.8.